The van der Waals surface area contributed by atoms with Gasteiger partial charge in [-0.05, 0) is 24.6 Å². The number of hydrogen-bond donors (Lipinski definition) is 0. The third kappa shape index (κ3) is 6.06. The summed E-state index contributed by atoms with van der Waals surface area (Å²) in [4.78, 5) is 24.3. The first-order valence-electron chi connectivity index (χ1n) is 6.22. The van der Waals surface area contributed by atoms with Gasteiger partial charge in [-0.15, -0.1) is 0 Å². The number of esters is 1. The second-order valence-electron chi connectivity index (χ2n) is 4.24. The highest BCUT2D eigenvalue weighted by atomic mass is 79.9. The number of likely N-dealkylation sites (N-methyl/N-ethyl adjacent to an activating group) is 1. The van der Waals surface area contributed by atoms with Crippen molar-refractivity contribution in [1.29, 1.82) is 0 Å². The van der Waals surface area contributed by atoms with E-state index in [-0.39, 0.29) is 18.5 Å². The summed E-state index contributed by atoms with van der Waals surface area (Å²) >= 11 is 3.33. The molecule has 0 atom stereocenters. The molecule has 0 saturated carbocycles. The number of ether oxygens (including phenoxy) is 2. The summed E-state index contributed by atoms with van der Waals surface area (Å²) in [7, 11) is 3.03. The number of carbonyl (C=O) groups is 2. The van der Waals surface area contributed by atoms with Gasteiger partial charge in [-0.3, -0.25) is 9.59 Å². The number of rotatable bonds is 7. The van der Waals surface area contributed by atoms with Gasteiger partial charge in [0.15, 0.2) is 6.61 Å². The second kappa shape index (κ2) is 8.58. The summed E-state index contributed by atoms with van der Waals surface area (Å²) in [6.45, 7) is 0.473. The molecule has 20 heavy (non-hydrogen) atoms. The molecule has 1 aromatic carbocycles. The molecule has 5 nitrogen and oxygen atoms in total. The predicted octanol–water partition coefficient (Wildman–Crippen LogP) is 2.24. The van der Waals surface area contributed by atoms with E-state index in [0.29, 0.717) is 25.1 Å². The quantitative estimate of drug-likeness (QED) is 0.712. The Morgan fingerprint density at radius 3 is 2.75 bits per heavy atom. The Labute approximate surface area is 127 Å². The highest BCUT2D eigenvalue weighted by Crippen LogP contribution is 2.17. The standard InChI is InChI=1S/C14H18BrNO4/c1-16(8-4-7-14(18)19-2)13(17)10-20-12-6-3-5-11(15)9-12/h3,5-6,9H,4,7-8,10H2,1-2H3. The smallest absolute Gasteiger partial charge is 0.305 e. The van der Waals surface area contributed by atoms with Crippen LogP contribution in [0.25, 0.3) is 0 Å². The predicted molar refractivity (Wildman–Crippen MR) is 78.5 cm³/mol. The highest BCUT2D eigenvalue weighted by Gasteiger charge is 2.10. The van der Waals surface area contributed by atoms with Gasteiger partial charge < -0.3 is 14.4 Å². The van der Waals surface area contributed by atoms with Crippen LogP contribution in [-0.4, -0.2) is 44.1 Å². The van der Waals surface area contributed by atoms with E-state index in [1.807, 2.05) is 12.1 Å². The van der Waals surface area contributed by atoms with E-state index in [1.54, 1.807) is 24.1 Å². The number of benzene rings is 1. The van der Waals surface area contributed by atoms with Crippen LogP contribution in [0.2, 0.25) is 0 Å². The largest absolute Gasteiger partial charge is 0.484 e. The Morgan fingerprint density at radius 1 is 1.35 bits per heavy atom. The number of halogens is 1. The first-order valence-corrected chi connectivity index (χ1v) is 7.01. The number of amides is 1. The van der Waals surface area contributed by atoms with E-state index in [4.69, 9.17) is 4.74 Å². The molecule has 0 saturated heterocycles. The minimum Gasteiger partial charge on any atom is -0.484 e. The number of hydrogen-bond acceptors (Lipinski definition) is 4. The van der Waals surface area contributed by atoms with Crippen LogP contribution in [-0.2, 0) is 14.3 Å². The number of methoxy groups -OCH3 is 1. The molecule has 0 aliphatic heterocycles. The molecule has 0 radical (unpaired) electrons. The summed E-state index contributed by atoms with van der Waals surface area (Å²) < 4.78 is 10.8. The van der Waals surface area contributed by atoms with Gasteiger partial charge in [-0.1, -0.05) is 22.0 Å². The van der Waals surface area contributed by atoms with Crippen LogP contribution in [0.15, 0.2) is 28.7 Å². The Morgan fingerprint density at radius 2 is 2.10 bits per heavy atom. The van der Waals surface area contributed by atoms with Crippen LogP contribution in [0, 0.1) is 0 Å². The van der Waals surface area contributed by atoms with Gasteiger partial charge in [0.1, 0.15) is 5.75 Å². The van der Waals surface area contributed by atoms with Crippen LogP contribution in [0.4, 0.5) is 0 Å². The summed E-state index contributed by atoms with van der Waals surface area (Å²) in [6.07, 6.45) is 0.881. The molecule has 0 bridgehead atoms. The molecule has 0 spiro atoms. The monoisotopic (exact) mass is 343 g/mol. The normalized spacial score (nSPS) is 9.95. The Balaban J connectivity index is 2.29. The molecule has 110 valence electrons. The average Bonchev–Trinajstić information content (AvgIpc) is 2.44. The van der Waals surface area contributed by atoms with Gasteiger partial charge >= 0.3 is 5.97 Å². The van der Waals surface area contributed by atoms with Gasteiger partial charge in [0.2, 0.25) is 0 Å². The lowest BCUT2D eigenvalue weighted by Gasteiger charge is -2.17. The van der Waals surface area contributed by atoms with E-state index in [2.05, 4.69) is 20.7 Å². The minimum atomic E-state index is -0.267. The van der Waals surface area contributed by atoms with Crippen molar-refractivity contribution in [2.45, 2.75) is 12.8 Å². The molecule has 0 heterocycles. The zero-order chi connectivity index (χ0) is 15.0. The Bertz CT molecular complexity index is 464. The van der Waals surface area contributed by atoms with Gasteiger partial charge in [0.25, 0.3) is 5.91 Å². The van der Waals surface area contributed by atoms with Crippen molar-refractivity contribution in [2.75, 3.05) is 27.3 Å². The fourth-order valence-electron chi connectivity index (χ4n) is 1.50. The van der Waals surface area contributed by atoms with Crippen molar-refractivity contribution < 1.29 is 19.1 Å². The summed E-state index contributed by atoms with van der Waals surface area (Å²) in [5.41, 5.74) is 0. The molecule has 0 unspecified atom stereocenters. The molecular formula is C14H18BrNO4. The fraction of sp³-hybridized carbons (Fsp3) is 0.429. The summed E-state index contributed by atoms with van der Waals surface area (Å²) in [5.74, 6) is 0.238. The topological polar surface area (TPSA) is 55.8 Å². The van der Waals surface area contributed by atoms with Crippen molar-refractivity contribution in [2.24, 2.45) is 0 Å². The molecule has 0 fully saturated rings. The summed E-state index contributed by atoms with van der Waals surface area (Å²) in [5, 5.41) is 0. The third-order valence-electron chi connectivity index (χ3n) is 2.69. The SMILES string of the molecule is COC(=O)CCCN(C)C(=O)COc1cccc(Br)c1. The van der Waals surface area contributed by atoms with Crippen molar-refractivity contribution >= 4 is 27.8 Å². The van der Waals surface area contributed by atoms with Crippen LogP contribution in [0.3, 0.4) is 0 Å². The third-order valence-corrected chi connectivity index (χ3v) is 3.18. The van der Waals surface area contributed by atoms with Crippen molar-refractivity contribution in [3.63, 3.8) is 0 Å². The van der Waals surface area contributed by atoms with Gasteiger partial charge in [0.05, 0.1) is 7.11 Å². The van der Waals surface area contributed by atoms with Gasteiger partial charge in [-0.2, -0.15) is 0 Å². The number of carbonyl (C=O) groups excluding carboxylic acids is 2. The maximum Gasteiger partial charge on any atom is 0.305 e. The molecule has 0 aliphatic carbocycles. The molecule has 1 aromatic rings. The second-order valence-corrected chi connectivity index (χ2v) is 5.16. The van der Waals surface area contributed by atoms with Crippen molar-refractivity contribution in [3.05, 3.63) is 28.7 Å². The van der Waals surface area contributed by atoms with E-state index < -0.39 is 0 Å². The number of nitrogens with zero attached hydrogens (tertiary/aromatic N) is 1. The molecule has 0 aliphatic rings. The molecule has 6 heteroatoms. The van der Waals surface area contributed by atoms with Crippen LogP contribution >= 0.6 is 15.9 Å². The maximum absolute atomic E-state index is 11.8. The van der Waals surface area contributed by atoms with Gasteiger partial charge in [-0.25, -0.2) is 0 Å². The van der Waals surface area contributed by atoms with Gasteiger partial charge in [0, 0.05) is 24.5 Å². The van der Waals surface area contributed by atoms with Crippen LogP contribution < -0.4 is 4.74 Å². The fourth-order valence-corrected chi connectivity index (χ4v) is 1.88. The highest BCUT2D eigenvalue weighted by molar-refractivity contribution is 9.10. The molecular weight excluding hydrogens is 326 g/mol. The minimum absolute atomic E-state index is 0.0226. The van der Waals surface area contributed by atoms with E-state index in [0.717, 1.165) is 4.47 Å². The zero-order valence-corrected chi connectivity index (χ0v) is 13.2. The Hall–Kier alpha value is -1.56. The van der Waals surface area contributed by atoms with E-state index >= 15 is 0 Å². The van der Waals surface area contributed by atoms with Crippen LogP contribution in [0.1, 0.15) is 12.8 Å². The van der Waals surface area contributed by atoms with Crippen LogP contribution in [0.5, 0.6) is 5.75 Å². The molecule has 0 aromatic heterocycles. The maximum atomic E-state index is 11.8. The lowest BCUT2D eigenvalue weighted by atomic mass is 10.3. The Kier molecular flexibility index (Phi) is 7.08. The van der Waals surface area contributed by atoms with Crippen molar-refractivity contribution in [3.8, 4) is 5.75 Å². The molecule has 1 rings (SSSR count). The molecule has 1 amide bonds. The first-order chi connectivity index (χ1) is 9.52. The van der Waals surface area contributed by atoms with E-state index in [9.17, 15) is 9.59 Å². The molecule has 0 N–H and O–H groups in total. The zero-order valence-electron chi connectivity index (χ0n) is 11.6. The average molecular weight is 344 g/mol. The lowest BCUT2D eigenvalue weighted by molar-refractivity contribution is -0.141. The van der Waals surface area contributed by atoms with E-state index in [1.165, 1.54) is 7.11 Å². The lowest BCUT2D eigenvalue weighted by Crippen LogP contribution is -2.32. The summed E-state index contributed by atoms with van der Waals surface area (Å²) in [6, 6.07) is 7.30. The van der Waals surface area contributed by atoms with Crippen molar-refractivity contribution in [1.82, 2.24) is 4.90 Å². The first kappa shape index (κ1) is 16.5.